The molecule has 1 aromatic carbocycles. The summed E-state index contributed by atoms with van der Waals surface area (Å²) in [6.45, 7) is 2.72. The Morgan fingerprint density at radius 2 is 2.15 bits per heavy atom. The van der Waals surface area contributed by atoms with Gasteiger partial charge in [0.1, 0.15) is 10.8 Å². The molecule has 0 fully saturated rings. The number of halogens is 1. The lowest BCUT2D eigenvalue weighted by atomic mass is 10.1. The molecule has 2 aromatic heterocycles. The van der Waals surface area contributed by atoms with Crippen molar-refractivity contribution >= 4 is 27.9 Å². The molecule has 20 heavy (non-hydrogen) atoms. The van der Waals surface area contributed by atoms with Gasteiger partial charge in [0.15, 0.2) is 0 Å². The van der Waals surface area contributed by atoms with Crippen molar-refractivity contribution in [3.05, 3.63) is 52.4 Å². The molecule has 0 saturated carbocycles. The van der Waals surface area contributed by atoms with E-state index in [1.165, 1.54) is 12.1 Å². The van der Waals surface area contributed by atoms with Gasteiger partial charge in [0.2, 0.25) is 0 Å². The van der Waals surface area contributed by atoms with Crippen molar-refractivity contribution in [3.8, 4) is 0 Å². The molecule has 0 atom stereocenters. The van der Waals surface area contributed by atoms with Crippen LogP contribution in [-0.4, -0.2) is 17.0 Å². The van der Waals surface area contributed by atoms with Gasteiger partial charge in [-0.15, -0.1) is 11.3 Å². The molecular weight excluding hydrogens is 273 g/mol. The third-order valence-electron chi connectivity index (χ3n) is 3.13. The van der Waals surface area contributed by atoms with Crippen LogP contribution >= 0.6 is 11.3 Å². The molecule has 3 nitrogen and oxygen atoms in total. The van der Waals surface area contributed by atoms with E-state index < -0.39 is 0 Å². The molecule has 0 aliphatic heterocycles. The van der Waals surface area contributed by atoms with E-state index in [9.17, 15) is 4.39 Å². The molecule has 0 bridgehead atoms. The Hall–Kier alpha value is -2.01. The number of fused-ring (bicyclic) bond motifs is 1. The lowest BCUT2D eigenvalue weighted by Gasteiger charge is -2.19. The monoisotopic (exact) mass is 287 g/mol. The molecule has 0 amide bonds. The third kappa shape index (κ3) is 2.49. The fourth-order valence-electron chi connectivity index (χ4n) is 2.20. The maximum atomic E-state index is 13.3. The summed E-state index contributed by atoms with van der Waals surface area (Å²) in [7, 11) is 2.01. The molecule has 0 N–H and O–H groups in total. The summed E-state index contributed by atoms with van der Waals surface area (Å²) in [5.41, 5.74) is 2.74. The minimum absolute atomic E-state index is 0.264. The molecule has 5 heteroatoms. The first-order chi connectivity index (χ1) is 9.63. The SMILES string of the molecule is Cc1csc(CN(C)c2ccnc3cc(F)ccc23)n1. The topological polar surface area (TPSA) is 29.0 Å². The number of nitrogens with zero attached hydrogens (tertiary/aromatic N) is 3. The maximum Gasteiger partial charge on any atom is 0.125 e. The van der Waals surface area contributed by atoms with Crippen LogP contribution in [-0.2, 0) is 6.54 Å². The highest BCUT2D eigenvalue weighted by molar-refractivity contribution is 7.09. The summed E-state index contributed by atoms with van der Waals surface area (Å²) in [6, 6.07) is 6.65. The number of hydrogen-bond donors (Lipinski definition) is 0. The quantitative estimate of drug-likeness (QED) is 0.734. The smallest absolute Gasteiger partial charge is 0.125 e. The third-order valence-corrected chi connectivity index (χ3v) is 4.08. The molecule has 3 aromatic rings. The largest absolute Gasteiger partial charge is 0.367 e. The first-order valence-electron chi connectivity index (χ1n) is 6.30. The van der Waals surface area contributed by atoms with Crippen LogP contribution in [0.1, 0.15) is 10.7 Å². The Bertz CT molecular complexity index is 754. The van der Waals surface area contributed by atoms with Crippen LogP contribution < -0.4 is 4.90 Å². The van der Waals surface area contributed by atoms with Crippen molar-refractivity contribution in [1.82, 2.24) is 9.97 Å². The second-order valence-corrected chi connectivity index (χ2v) is 5.67. The van der Waals surface area contributed by atoms with Crippen LogP contribution in [0.25, 0.3) is 10.9 Å². The molecule has 0 saturated heterocycles. The van der Waals surface area contributed by atoms with E-state index in [1.54, 1.807) is 23.6 Å². The van der Waals surface area contributed by atoms with Gasteiger partial charge in [-0.2, -0.15) is 0 Å². The first-order valence-corrected chi connectivity index (χ1v) is 7.18. The van der Waals surface area contributed by atoms with Gasteiger partial charge in [0, 0.05) is 41.5 Å². The first kappa shape index (κ1) is 13.0. The van der Waals surface area contributed by atoms with Gasteiger partial charge in [0.05, 0.1) is 12.1 Å². The number of rotatable bonds is 3. The summed E-state index contributed by atoms with van der Waals surface area (Å²) in [5, 5.41) is 4.06. The second-order valence-electron chi connectivity index (χ2n) is 4.73. The van der Waals surface area contributed by atoms with Crippen LogP contribution in [0.3, 0.4) is 0 Å². The minimum atomic E-state index is -0.264. The highest BCUT2D eigenvalue weighted by Crippen LogP contribution is 2.26. The average Bonchev–Trinajstić information content (AvgIpc) is 2.83. The molecule has 0 spiro atoms. The van der Waals surface area contributed by atoms with Gasteiger partial charge < -0.3 is 4.90 Å². The lowest BCUT2D eigenvalue weighted by molar-refractivity contribution is 0.629. The van der Waals surface area contributed by atoms with Crippen molar-refractivity contribution in [3.63, 3.8) is 0 Å². The molecule has 2 heterocycles. The molecule has 102 valence electrons. The van der Waals surface area contributed by atoms with Crippen molar-refractivity contribution in [2.45, 2.75) is 13.5 Å². The molecule has 0 aliphatic rings. The fraction of sp³-hybridized carbons (Fsp3) is 0.200. The standard InChI is InChI=1S/C15H14FN3S/c1-10-9-20-15(18-10)8-19(2)14-5-6-17-13-7-11(16)3-4-12(13)14/h3-7,9H,8H2,1-2H3. The number of anilines is 1. The van der Waals surface area contributed by atoms with Crippen LogP contribution in [0.2, 0.25) is 0 Å². The van der Waals surface area contributed by atoms with E-state index in [0.29, 0.717) is 5.52 Å². The van der Waals surface area contributed by atoms with Crippen LogP contribution in [0.5, 0.6) is 0 Å². The van der Waals surface area contributed by atoms with E-state index in [0.717, 1.165) is 28.3 Å². The zero-order chi connectivity index (χ0) is 14.1. The number of aryl methyl sites for hydroxylation is 1. The van der Waals surface area contributed by atoms with Crippen LogP contribution in [0.4, 0.5) is 10.1 Å². The molecular formula is C15H14FN3S. The number of pyridine rings is 1. The number of hydrogen-bond acceptors (Lipinski definition) is 4. The predicted molar refractivity (Wildman–Crippen MR) is 80.7 cm³/mol. The Labute approximate surface area is 120 Å². The van der Waals surface area contributed by atoms with Crippen molar-refractivity contribution in [1.29, 1.82) is 0 Å². The van der Waals surface area contributed by atoms with Gasteiger partial charge >= 0.3 is 0 Å². The molecule has 0 aliphatic carbocycles. The molecule has 0 radical (unpaired) electrons. The summed E-state index contributed by atoms with van der Waals surface area (Å²) in [6.07, 6.45) is 1.71. The lowest BCUT2D eigenvalue weighted by Crippen LogP contribution is -2.16. The van der Waals surface area contributed by atoms with Crippen molar-refractivity contribution < 1.29 is 4.39 Å². The second kappa shape index (κ2) is 5.17. The molecule has 0 unspecified atom stereocenters. The Morgan fingerprint density at radius 3 is 2.90 bits per heavy atom. The summed E-state index contributed by atoms with van der Waals surface area (Å²) < 4.78 is 13.3. The maximum absolute atomic E-state index is 13.3. The Balaban J connectivity index is 1.96. The average molecular weight is 287 g/mol. The normalized spacial score (nSPS) is 10.9. The minimum Gasteiger partial charge on any atom is -0.367 e. The summed E-state index contributed by atoms with van der Waals surface area (Å²) in [5.74, 6) is -0.264. The van der Waals surface area contributed by atoms with E-state index in [-0.39, 0.29) is 5.82 Å². The van der Waals surface area contributed by atoms with Crippen LogP contribution in [0.15, 0.2) is 35.8 Å². The van der Waals surface area contributed by atoms with Gasteiger partial charge in [0.25, 0.3) is 0 Å². The van der Waals surface area contributed by atoms with E-state index in [1.807, 2.05) is 25.4 Å². The van der Waals surface area contributed by atoms with Gasteiger partial charge in [-0.1, -0.05) is 0 Å². The van der Waals surface area contributed by atoms with Crippen molar-refractivity contribution in [2.75, 3.05) is 11.9 Å². The number of benzene rings is 1. The number of thiazole rings is 1. The highest BCUT2D eigenvalue weighted by Gasteiger charge is 2.09. The molecule has 3 rings (SSSR count). The predicted octanol–water partition coefficient (Wildman–Crippen LogP) is 3.78. The van der Waals surface area contributed by atoms with Crippen molar-refractivity contribution in [2.24, 2.45) is 0 Å². The van der Waals surface area contributed by atoms with E-state index in [2.05, 4.69) is 14.9 Å². The highest BCUT2D eigenvalue weighted by atomic mass is 32.1. The van der Waals surface area contributed by atoms with Gasteiger partial charge in [-0.05, 0) is 25.1 Å². The zero-order valence-electron chi connectivity index (χ0n) is 11.3. The van der Waals surface area contributed by atoms with E-state index in [4.69, 9.17) is 0 Å². The van der Waals surface area contributed by atoms with Crippen LogP contribution in [0, 0.1) is 12.7 Å². The summed E-state index contributed by atoms with van der Waals surface area (Å²) >= 11 is 1.65. The fourth-order valence-corrected chi connectivity index (χ4v) is 3.03. The van der Waals surface area contributed by atoms with E-state index >= 15 is 0 Å². The Kier molecular flexibility index (Phi) is 3.36. The number of aromatic nitrogens is 2. The Morgan fingerprint density at radius 1 is 1.30 bits per heavy atom. The van der Waals surface area contributed by atoms with Gasteiger partial charge in [-0.3, -0.25) is 4.98 Å². The zero-order valence-corrected chi connectivity index (χ0v) is 12.1. The summed E-state index contributed by atoms with van der Waals surface area (Å²) in [4.78, 5) is 10.8. The van der Waals surface area contributed by atoms with Gasteiger partial charge in [-0.25, -0.2) is 9.37 Å².